The van der Waals surface area contributed by atoms with E-state index in [9.17, 15) is 4.79 Å². The maximum absolute atomic E-state index is 12.3. The molecule has 2 rings (SSSR count). The lowest BCUT2D eigenvalue weighted by molar-refractivity contribution is -0.132. The van der Waals surface area contributed by atoms with Crippen LogP contribution >= 0.6 is 11.6 Å². The molecule has 0 atom stereocenters. The summed E-state index contributed by atoms with van der Waals surface area (Å²) in [7, 11) is 4.88. The molecule has 2 aromatic rings. The fraction of sp³-hybridized carbons (Fsp3) is 0.316. The molecule has 0 saturated heterocycles. The lowest BCUT2D eigenvalue weighted by Gasteiger charge is -2.20. The first-order chi connectivity index (χ1) is 12.0. The van der Waals surface area contributed by atoms with Crippen LogP contribution in [0.25, 0.3) is 0 Å². The van der Waals surface area contributed by atoms with Crippen molar-refractivity contribution in [1.82, 2.24) is 4.90 Å². The summed E-state index contributed by atoms with van der Waals surface area (Å²) < 4.78 is 16.2. The van der Waals surface area contributed by atoms with Crippen LogP contribution in [0.1, 0.15) is 11.1 Å². The van der Waals surface area contributed by atoms with Gasteiger partial charge in [0, 0.05) is 24.2 Å². The molecule has 0 aromatic heterocycles. The highest BCUT2D eigenvalue weighted by Gasteiger charge is 2.15. The fourth-order valence-corrected chi connectivity index (χ4v) is 2.50. The Balaban J connectivity index is 1.99. The maximum atomic E-state index is 12.3. The number of benzene rings is 2. The van der Waals surface area contributed by atoms with Crippen molar-refractivity contribution in [2.75, 3.05) is 27.9 Å². The zero-order valence-electron chi connectivity index (χ0n) is 14.8. The van der Waals surface area contributed by atoms with Crippen LogP contribution in [0.15, 0.2) is 36.4 Å². The van der Waals surface area contributed by atoms with Gasteiger partial charge in [0.1, 0.15) is 5.75 Å². The molecule has 0 aliphatic carbocycles. The summed E-state index contributed by atoms with van der Waals surface area (Å²) in [6.45, 7) is 2.23. The van der Waals surface area contributed by atoms with Crippen molar-refractivity contribution in [3.63, 3.8) is 0 Å². The minimum atomic E-state index is -0.141. The lowest BCUT2D eigenvalue weighted by Crippen LogP contribution is -2.31. The Labute approximate surface area is 153 Å². The number of hydrogen-bond donors (Lipinski definition) is 0. The maximum Gasteiger partial charge on any atom is 0.260 e. The molecule has 2 aromatic carbocycles. The van der Waals surface area contributed by atoms with E-state index in [1.807, 2.05) is 25.1 Å². The number of likely N-dealkylation sites (N-methyl/N-ethyl adjacent to an activating group) is 1. The highest BCUT2D eigenvalue weighted by atomic mass is 35.5. The largest absolute Gasteiger partial charge is 0.493 e. The van der Waals surface area contributed by atoms with Gasteiger partial charge in [-0.25, -0.2) is 0 Å². The average molecular weight is 364 g/mol. The van der Waals surface area contributed by atoms with E-state index in [0.717, 1.165) is 11.1 Å². The van der Waals surface area contributed by atoms with E-state index in [1.165, 1.54) is 0 Å². The number of amides is 1. The van der Waals surface area contributed by atoms with Gasteiger partial charge in [-0.05, 0) is 36.8 Å². The third-order valence-electron chi connectivity index (χ3n) is 3.81. The molecule has 25 heavy (non-hydrogen) atoms. The van der Waals surface area contributed by atoms with E-state index >= 15 is 0 Å². The van der Waals surface area contributed by atoms with Crippen molar-refractivity contribution in [1.29, 1.82) is 0 Å². The molecule has 0 unspecified atom stereocenters. The fourth-order valence-electron chi connectivity index (χ4n) is 2.38. The first-order valence-corrected chi connectivity index (χ1v) is 8.16. The van der Waals surface area contributed by atoms with Gasteiger partial charge < -0.3 is 19.1 Å². The van der Waals surface area contributed by atoms with Crippen LogP contribution in [0.5, 0.6) is 17.2 Å². The van der Waals surface area contributed by atoms with Gasteiger partial charge in [-0.15, -0.1) is 0 Å². The number of aryl methyl sites for hydroxylation is 1. The summed E-state index contributed by atoms with van der Waals surface area (Å²) in [5, 5.41) is 0.668. The molecule has 6 heteroatoms. The van der Waals surface area contributed by atoms with Crippen LogP contribution in [0.3, 0.4) is 0 Å². The van der Waals surface area contributed by atoms with Crippen LogP contribution in [0, 0.1) is 6.92 Å². The lowest BCUT2D eigenvalue weighted by atomic mass is 10.1. The highest BCUT2D eigenvalue weighted by molar-refractivity contribution is 6.31. The molecule has 0 spiro atoms. The number of carbonyl (C=O) groups excluding carboxylic acids is 1. The van der Waals surface area contributed by atoms with Gasteiger partial charge in [0.05, 0.1) is 14.2 Å². The molecule has 0 aliphatic heterocycles. The number of nitrogens with zero attached hydrogens (tertiary/aromatic N) is 1. The van der Waals surface area contributed by atoms with Gasteiger partial charge in [-0.1, -0.05) is 23.7 Å². The summed E-state index contributed by atoms with van der Waals surface area (Å²) in [5.41, 5.74) is 1.76. The number of rotatable bonds is 7. The number of ether oxygens (including phenoxy) is 3. The topological polar surface area (TPSA) is 48.0 Å². The highest BCUT2D eigenvalue weighted by Crippen LogP contribution is 2.31. The van der Waals surface area contributed by atoms with Crippen LogP contribution in [0.4, 0.5) is 0 Å². The number of halogens is 1. The third kappa shape index (κ3) is 4.79. The van der Waals surface area contributed by atoms with Crippen LogP contribution in [-0.4, -0.2) is 38.7 Å². The Morgan fingerprint density at radius 1 is 1.16 bits per heavy atom. The average Bonchev–Trinajstić information content (AvgIpc) is 2.62. The second kappa shape index (κ2) is 8.62. The van der Waals surface area contributed by atoms with Crippen LogP contribution < -0.4 is 14.2 Å². The minimum absolute atomic E-state index is 0.0517. The van der Waals surface area contributed by atoms with Crippen molar-refractivity contribution >= 4 is 17.5 Å². The Kier molecular flexibility index (Phi) is 6.53. The van der Waals surface area contributed by atoms with Crippen molar-refractivity contribution in [3.8, 4) is 17.2 Å². The Hall–Kier alpha value is -2.40. The molecule has 1 amide bonds. The Morgan fingerprint density at radius 2 is 1.92 bits per heavy atom. The first-order valence-electron chi connectivity index (χ1n) is 7.79. The summed E-state index contributed by atoms with van der Waals surface area (Å²) in [6.07, 6.45) is 0. The molecule has 0 radical (unpaired) electrons. The standard InChI is InChI=1S/C19H22ClNO4/c1-13-10-15(8-9-16(13)20)25-12-18(22)21(2)11-14-6-5-7-17(23-3)19(14)24-4/h5-10H,11-12H2,1-4H3. The predicted molar refractivity (Wildman–Crippen MR) is 97.7 cm³/mol. The number of carbonyl (C=O) groups is 1. The van der Waals surface area contributed by atoms with Gasteiger partial charge in [0.2, 0.25) is 0 Å². The Bertz CT molecular complexity index is 748. The van der Waals surface area contributed by atoms with E-state index in [1.54, 1.807) is 44.4 Å². The van der Waals surface area contributed by atoms with Gasteiger partial charge in [0.15, 0.2) is 18.1 Å². The molecule has 0 N–H and O–H groups in total. The molecule has 0 saturated carbocycles. The van der Waals surface area contributed by atoms with Crippen molar-refractivity contribution < 1.29 is 19.0 Å². The Morgan fingerprint density at radius 3 is 2.56 bits per heavy atom. The van der Waals surface area contributed by atoms with Gasteiger partial charge in [-0.3, -0.25) is 4.79 Å². The number of para-hydroxylation sites is 1. The SMILES string of the molecule is COc1cccc(CN(C)C(=O)COc2ccc(Cl)c(C)c2)c1OC. The second-order valence-electron chi connectivity index (χ2n) is 5.60. The van der Waals surface area contributed by atoms with E-state index in [2.05, 4.69) is 0 Å². The van der Waals surface area contributed by atoms with E-state index in [0.29, 0.717) is 28.8 Å². The summed E-state index contributed by atoms with van der Waals surface area (Å²) in [5.74, 6) is 1.73. The zero-order valence-corrected chi connectivity index (χ0v) is 15.6. The van der Waals surface area contributed by atoms with Gasteiger partial charge in [0.25, 0.3) is 5.91 Å². The molecule has 134 valence electrons. The molecule has 0 fully saturated rings. The number of hydrogen-bond acceptors (Lipinski definition) is 4. The quantitative estimate of drug-likeness (QED) is 0.752. The van der Waals surface area contributed by atoms with Gasteiger partial charge in [-0.2, -0.15) is 0 Å². The van der Waals surface area contributed by atoms with Crippen LogP contribution in [0.2, 0.25) is 5.02 Å². The van der Waals surface area contributed by atoms with E-state index in [-0.39, 0.29) is 12.5 Å². The predicted octanol–water partition coefficient (Wildman–Crippen LogP) is 3.70. The van der Waals surface area contributed by atoms with E-state index in [4.69, 9.17) is 25.8 Å². The van der Waals surface area contributed by atoms with E-state index < -0.39 is 0 Å². The third-order valence-corrected chi connectivity index (χ3v) is 4.23. The van der Waals surface area contributed by atoms with Crippen molar-refractivity contribution in [2.24, 2.45) is 0 Å². The van der Waals surface area contributed by atoms with Crippen molar-refractivity contribution in [3.05, 3.63) is 52.5 Å². The minimum Gasteiger partial charge on any atom is -0.493 e. The first kappa shape index (κ1) is 18.9. The monoisotopic (exact) mass is 363 g/mol. The van der Waals surface area contributed by atoms with Crippen LogP contribution in [-0.2, 0) is 11.3 Å². The molecular weight excluding hydrogens is 342 g/mol. The molecular formula is C19H22ClNO4. The molecule has 0 heterocycles. The zero-order chi connectivity index (χ0) is 18.4. The molecule has 5 nitrogen and oxygen atoms in total. The molecule has 0 bridgehead atoms. The second-order valence-corrected chi connectivity index (χ2v) is 6.01. The summed E-state index contributed by atoms with van der Waals surface area (Å²) in [6, 6.07) is 10.9. The summed E-state index contributed by atoms with van der Waals surface area (Å²) in [4.78, 5) is 13.9. The smallest absolute Gasteiger partial charge is 0.260 e. The number of methoxy groups -OCH3 is 2. The normalized spacial score (nSPS) is 10.3. The van der Waals surface area contributed by atoms with Crippen molar-refractivity contribution in [2.45, 2.75) is 13.5 Å². The summed E-state index contributed by atoms with van der Waals surface area (Å²) >= 11 is 5.98. The molecule has 0 aliphatic rings. The van der Waals surface area contributed by atoms with Gasteiger partial charge >= 0.3 is 0 Å².